The number of allylic oxidation sites excluding steroid dienone is 1. The molecule has 6 rings (SSSR count). The van der Waals surface area contributed by atoms with E-state index in [0.717, 1.165) is 16.5 Å². The molecule has 0 amide bonds. The van der Waals surface area contributed by atoms with E-state index >= 15 is 0 Å². The van der Waals surface area contributed by atoms with Gasteiger partial charge in [0.1, 0.15) is 12.9 Å². The molecular weight excluding hydrogens is 428 g/mol. The van der Waals surface area contributed by atoms with Crippen molar-refractivity contribution in [2.24, 2.45) is 0 Å². The lowest BCUT2D eigenvalue weighted by Gasteiger charge is -2.31. The zero-order chi connectivity index (χ0) is 22.9. The number of rotatable bonds is 3. The summed E-state index contributed by atoms with van der Waals surface area (Å²) in [6.07, 6.45) is 3.82. The van der Waals surface area contributed by atoms with Gasteiger partial charge in [0.25, 0.3) is 5.56 Å². The first-order valence-corrected chi connectivity index (χ1v) is 10.5. The topological polar surface area (TPSA) is 117 Å². The molecule has 3 aliphatic heterocycles. The van der Waals surface area contributed by atoms with Gasteiger partial charge in [-0.1, -0.05) is 13.0 Å². The van der Waals surface area contributed by atoms with Crippen molar-refractivity contribution >= 4 is 29.2 Å². The van der Waals surface area contributed by atoms with Gasteiger partial charge in [0, 0.05) is 22.6 Å². The molecule has 5 heterocycles. The van der Waals surface area contributed by atoms with Crippen LogP contribution in [0.3, 0.4) is 0 Å². The van der Waals surface area contributed by atoms with Crippen molar-refractivity contribution in [2.75, 3.05) is 6.79 Å². The summed E-state index contributed by atoms with van der Waals surface area (Å²) in [4.78, 5) is 41.7. The molecule has 0 fully saturated rings. The highest BCUT2D eigenvalue weighted by atomic mass is 16.7. The van der Waals surface area contributed by atoms with E-state index in [0.29, 0.717) is 34.7 Å². The van der Waals surface area contributed by atoms with E-state index in [1.54, 1.807) is 29.7 Å². The van der Waals surface area contributed by atoms with Crippen LogP contribution in [0.4, 0.5) is 0 Å². The lowest BCUT2D eigenvalue weighted by Crippen LogP contribution is -2.44. The third-order valence-electron chi connectivity index (χ3n) is 6.57. The second kappa shape index (κ2) is 6.76. The molecular formula is C24H18N2O7. The van der Waals surface area contributed by atoms with Gasteiger partial charge in [0.05, 0.1) is 29.0 Å². The number of fused-ring (bicyclic) bond motifs is 6. The van der Waals surface area contributed by atoms with E-state index in [9.17, 15) is 19.5 Å². The number of hydrogen-bond acceptors (Lipinski definition) is 8. The van der Waals surface area contributed by atoms with Crippen LogP contribution in [0.1, 0.15) is 35.6 Å². The van der Waals surface area contributed by atoms with E-state index in [2.05, 4.69) is 0 Å². The molecule has 0 radical (unpaired) electrons. The number of carbonyl (C=O) groups excluding carboxylic acids is 2. The van der Waals surface area contributed by atoms with Crippen LogP contribution in [-0.2, 0) is 33.1 Å². The maximum atomic E-state index is 13.4. The van der Waals surface area contributed by atoms with Crippen LogP contribution >= 0.6 is 0 Å². The molecule has 1 aromatic carbocycles. The summed E-state index contributed by atoms with van der Waals surface area (Å²) in [6.45, 7) is 1.80. The van der Waals surface area contributed by atoms with Crippen LogP contribution in [0, 0.1) is 0 Å². The summed E-state index contributed by atoms with van der Waals surface area (Å²) in [6, 6.07) is 5.23. The number of aldehydes is 1. The first-order valence-electron chi connectivity index (χ1n) is 10.5. The fourth-order valence-corrected chi connectivity index (χ4v) is 4.83. The first-order chi connectivity index (χ1) is 16.0. The molecule has 2 aromatic heterocycles. The number of aliphatic hydroxyl groups is 1. The van der Waals surface area contributed by atoms with E-state index in [4.69, 9.17) is 19.2 Å². The van der Waals surface area contributed by atoms with Gasteiger partial charge in [-0.3, -0.25) is 9.59 Å². The molecule has 33 heavy (non-hydrogen) atoms. The lowest BCUT2D eigenvalue weighted by molar-refractivity contribution is -0.172. The zero-order valence-electron chi connectivity index (χ0n) is 17.6. The van der Waals surface area contributed by atoms with Crippen molar-refractivity contribution in [3.8, 4) is 22.9 Å². The van der Waals surface area contributed by atoms with Crippen LogP contribution in [0.25, 0.3) is 28.4 Å². The third kappa shape index (κ3) is 2.56. The molecule has 0 spiro atoms. The first kappa shape index (κ1) is 19.7. The summed E-state index contributed by atoms with van der Waals surface area (Å²) in [5.41, 5.74) is 1.41. The van der Waals surface area contributed by atoms with Gasteiger partial charge in [-0.2, -0.15) is 0 Å². The lowest BCUT2D eigenvalue weighted by atomic mass is 9.86. The summed E-state index contributed by atoms with van der Waals surface area (Å²) < 4.78 is 17.7. The zero-order valence-corrected chi connectivity index (χ0v) is 17.6. The maximum absolute atomic E-state index is 13.4. The second-order valence-corrected chi connectivity index (χ2v) is 8.17. The van der Waals surface area contributed by atoms with Crippen LogP contribution in [0.15, 0.2) is 29.1 Å². The Kier molecular flexibility index (Phi) is 4.03. The Morgan fingerprint density at radius 1 is 1.15 bits per heavy atom. The predicted octanol–water partition coefficient (Wildman–Crippen LogP) is 2.02. The molecule has 0 saturated carbocycles. The Bertz CT molecular complexity index is 1490. The van der Waals surface area contributed by atoms with Crippen LogP contribution < -0.4 is 15.0 Å². The Labute approximate surface area is 186 Å². The minimum Gasteiger partial charge on any atom is -0.458 e. The quantitative estimate of drug-likeness (QED) is 0.289. The van der Waals surface area contributed by atoms with E-state index in [1.165, 1.54) is 6.08 Å². The van der Waals surface area contributed by atoms with Gasteiger partial charge in [-0.25, -0.2) is 9.78 Å². The number of pyridine rings is 2. The fourth-order valence-electron chi connectivity index (χ4n) is 4.83. The molecule has 3 aromatic rings. The van der Waals surface area contributed by atoms with Gasteiger partial charge in [-0.15, -0.1) is 0 Å². The number of ether oxygens (including phenoxy) is 3. The van der Waals surface area contributed by atoms with Crippen molar-refractivity contribution in [1.82, 2.24) is 9.55 Å². The molecule has 3 aliphatic rings. The maximum Gasteiger partial charge on any atom is 0.343 e. The van der Waals surface area contributed by atoms with Crippen molar-refractivity contribution in [3.63, 3.8) is 0 Å². The third-order valence-corrected chi connectivity index (χ3v) is 6.57. The molecule has 166 valence electrons. The highest BCUT2D eigenvalue weighted by Crippen LogP contribution is 2.43. The van der Waals surface area contributed by atoms with Crippen molar-refractivity contribution in [1.29, 1.82) is 0 Å². The van der Waals surface area contributed by atoms with Gasteiger partial charge >= 0.3 is 5.97 Å². The van der Waals surface area contributed by atoms with Gasteiger partial charge in [0.2, 0.25) is 6.79 Å². The summed E-state index contributed by atoms with van der Waals surface area (Å²) in [7, 11) is 0. The SMILES string of the molecule is CCC1(O)C(=O)OCc2c1cc1n(c2=O)Cc2c-1nc1cc3c(cc1c2C=CC=O)OCO3. The number of carbonyl (C=O) groups is 2. The standard InChI is InChI=1S/C24H18N2O7/c1-2-24(30)16-7-18-21-14(9-26(18)22(28)15(16)10-31-23(24)29)12(4-3-5-27)13-6-19-20(33-11-32-19)8-17(13)25-21/h3-8,30H,2,9-11H2,1H3. The highest BCUT2D eigenvalue weighted by Gasteiger charge is 2.45. The van der Waals surface area contributed by atoms with E-state index in [1.807, 2.05) is 6.07 Å². The summed E-state index contributed by atoms with van der Waals surface area (Å²) in [5.74, 6) is 0.370. The molecule has 1 unspecified atom stereocenters. The van der Waals surface area contributed by atoms with Crippen LogP contribution in [0.5, 0.6) is 11.5 Å². The Hall–Kier alpha value is -3.98. The molecule has 0 saturated heterocycles. The van der Waals surface area contributed by atoms with E-state index < -0.39 is 11.6 Å². The number of cyclic esters (lactones) is 1. The summed E-state index contributed by atoms with van der Waals surface area (Å²) in [5, 5.41) is 11.8. The Morgan fingerprint density at radius 2 is 1.94 bits per heavy atom. The van der Waals surface area contributed by atoms with Gasteiger partial charge < -0.3 is 23.9 Å². The number of nitrogens with zero attached hydrogens (tertiary/aromatic N) is 2. The van der Waals surface area contributed by atoms with Gasteiger partial charge in [0.15, 0.2) is 17.1 Å². The molecule has 9 heteroatoms. The Balaban J connectivity index is 1.66. The Morgan fingerprint density at radius 3 is 2.70 bits per heavy atom. The predicted molar refractivity (Wildman–Crippen MR) is 116 cm³/mol. The highest BCUT2D eigenvalue weighted by molar-refractivity contribution is 5.97. The average Bonchev–Trinajstić information content (AvgIpc) is 3.42. The monoisotopic (exact) mass is 446 g/mol. The molecule has 1 atom stereocenters. The smallest absolute Gasteiger partial charge is 0.343 e. The number of aromatic nitrogens is 2. The fraction of sp³-hybridized carbons (Fsp3) is 0.250. The number of hydrogen-bond donors (Lipinski definition) is 1. The van der Waals surface area contributed by atoms with Crippen molar-refractivity contribution in [2.45, 2.75) is 32.1 Å². The minimum absolute atomic E-state index is 0.0660. The molecule has 9 nitrogen and oxygen atoms in total. The largest absolute Gasteiger partial charge is 0.458 e. The minimum atomic E-state index is -1.89. The summed E-state index contributed by atoms with van der Waals surface area (Å²) >= 11 is 0. The molecule has 0 aliphatic carbocycles. The van der Waals surface area contributed by atoms with Crippen LogP contribution in [-0.4, -0.2) is 33.7 Å². The van der Waals surface area contributed by atoms with Crippen molar-refractivity contribution < 1.29 is 28.9 Å². The molecule has 0 bridgehead atoms. The second-order valence-electron chi connectivity index (χ2n) is 8.17. The van der Waals surface area contributed by atoms with Crippen molar-refractivity contribution in [3.05, 3.63) is 56.9 Å². The van der Waals surface area contributed by atoms with Crippen LogP contribution in [0.2, 0.25) is 0 Å². The number of benzene rings is 1. The van der Waals surface area contributed by atoms with E-state index in [-0.39, 0.29) is 43.1 Å². The number of esters is 1. The normalized spacial score (nSPS) is 20.0. The average molecular weight is 446 g/mol. The molecule has 1 N–H and O–H groups in total. The van der Waals surface area contributed by atoms with Gasteiger partial charge in [-0.05, 0) is 30.2 Å².